The van der Waals surface area contributed by atoms with Gasteiger partial charge in [-0.15, -0.1) is 0 Å². The monoisotopic (exact) mass is 393 g/mol. The highest BCUT2D eigenvalue weighted by Gasteiger charge is 2.11. The quantitative estimate of drug-likeness (QED) is 0.398. The van der Waals surface area contributed by atoms with Crippen LogP contribution in [-0.4, -0.2) is 26.6 Å². The fraction of sp³-hybridized carbons (Fsp3) is 0. The van der Waals surface area contributed by atoms with Gasteiger partial charge in [-0.1, -0.05) is 24.3 Å². The first-order valence-corrected chi connectivity index (χ1v) is 9.02. The van der Waals surface area contributed by atoms with Crippen LogP contribution in [-0.2, 0) is 4.79 Å². The molecule has 4 aromatic rings. The second kappa shape index (κ2) is 7.81. The van der Waals surface area contributed by atoms with E-state index in [-0.39, 0.29) is 5.78 Å². The molecule has 0 aliphatic rings. The Balaban J connectivity index is 1.62. The molecule has 0 aliphatic heterocycles. The van der Waals surface area contributed by atoms with Gasteiger partial charge in [0.2, 0.25) is 5.91 Å². The molecule has 0 unspecified atom stereocenters. The van der Waals surface area contributed by atoms with E-state index >= 15 is 0 Å². The number of nitrogens with zero attached hydrogens (tertiary/aromatic N) is 3. The molecular formula is C23H15N5O2. The molecule has 3 N–H and O–H groups in total. The molecular weight excluding hydrogens is 378 g/mol. The molecule has 7 heteroatoms. The van der Waals surface area contributed by atoms with Crippen molar-refractivity contribution in [2.45, 2.75) is 0 Å². The van der Waals surface area contributed by atoms with Gasteiger partial charge >= 0.3 is 0 Å². The van der Waals surface area contributed by atoms with Gasteiger partial charge in [0.05, 0.1) is 23.5 Å². The summed E-state index contributed by atoms with van der Waals surface area (Å²) in [7, 11) is 0. The Morgan fingerprint density at radius 2 is 1.70 bits per heavy atom. The molecule has 1 amide bonds. The molecule has 30 heavy (non-hydrogen) atoms. The van der Waals surface area contributed by atoms with Gasteiger partial charge in [-0.05, 0) is 30.3 Å². The van der Waals surface area contributed by atoms with Gasteiger partial charge in [0.25, 0.3) is 0 Å². The van der Waals surface area contributed by atoms with Gasteiger partial charge in [-0.3, -0.25) is 9.59 Å². The third kappa shape index (κ3) is 3.70. The highest BCUT2D eigenvalue weighted by molar-refractivity contribution is 6.09. The second-order valence-corrected chi connectivity index (χ2v) is 6.53. The number of aromatic amines is 1. The molecule has 7 nitrogen and oxygen atoms in total. The SMILES string of the molecule is N#Cc1ccc(C(=O)c2ccc(-c3cnc4[nH]cc(C=CC(N)=O)c4n3)cc2)cc1. The number of carbonyl (C=O) groups is 2. The summed E-state index contributed by atoms with van der Waals surface area (Å²) in [6.45, 7) is 0. The third-order valence-electron chi connectivity index (χ3n) is 4.56. The predicted octanol–water partition coefficient (Wildman–Crippen LogP) is 3.23. The van der Waals surface area contributed by atoms with Crippen LogP contribution in [0.2, 0.25) is 0 Å². The molecule has 2 aromatic heterocycles. The molecule has 0 fully saturated rings. The van der Waals surface area contributed by atoms with E-state index in [0.29, 0.717) is 39.1 Å². The maximum absolute atomic E-state index is 12.6. The molecule has 0 aliphatic carbocycles. The van der Waals surface area contributed by atoms with Crippen LogP contribution in [0, 0.1) is 11.3 Å². The van der Waals surface area contributed by atoms with Gasteiger partial charge in [0, 0.05) is 34.5 Å². The van der Waals surface area contributed by atoms with Gasteiger partial charge in [-0.25, -0.2) is 9.97 Å². The first kappa shape index (κ1) is 18.8. The van der Waals surface area contributed by atoms with Crippen LogP contribution in [0.3, 0.4) is 0 Å². The molecule has 0 spiro atoms. The van der Waals surface area contributed by atoms with Crippen molar-refractivity contribution in [3.63, 3.8) is 0 Å². The molecule has 0 radical (unpaired) electrons. The van der Waals surface area contributed by atoms with Crippen molar-refractivity contribution >= 4 is 28.9 Å². The van der Waals surface area contributed by atoms with Crippen molar-refractivity contribution < 1.29 is 9.59 Å². The first-order chi connectivity index (χ1) is 14.5. The summed E-state index contributed by atoms with van der Waals surface area (Å²) in [5, 5.41) is 8.87. The Labute approximate surface area is 171 Å². The fourth-order valence-corrected chi connectivity index (χ4v) is 3.00. The van der Waals surface area contributed by atoms with Crippen molar-refractivity contribution in [2.24, 2.45) is 5.73 Å². The topological polar surface area (TPSA) is 126 Å². The lowest BCUT2D eigenvalue weighted by Crippen LogP contribution is -2.05. The Kier molecular flexibility index (Phi) is 4.89. The molecule has 0 saturated heterocycles. The van der Waals surface area contributed by atoms with E-state index in [1.807, 2.05) is 6.07 Å². The number of ketones is 1. The van der Waals surface area contributed by atoms with Crippen LogP contribution < -0.4 is 5.73 Å². The van der Waals surface area contributed by atoms with E-state index in [1.54, 1.807) is 67.0 Å². The number of rotatable bonds is 5. The van der Waals surface area contributed by atoms with Crippen molar-refractivity contribution in [3.05, 3.63) is 89.3 Å². The number of H-pyrrole nitrogens is 1. The van der Waals surface area contributed by atoms with E-state index in [4.69, 9.17) is 11.0 Å². The van der Waals surface area contributed by atoms with Crippen molar-refractivity contribution in [3.8, 4) is 17.3 Å². The molecule has 0 atom stereocenters. The number of hydrogen-bond acceptors (Lipinski definition) is 5. The second-order valence-electron chi connectivity index (χ2n) is 6.53. The smallest absolute Gasteiger partial charge is 0.241 e. The largest absolute Gasteiger partial charge is 0.366 e. The number of aromatic nitrogens is 3. The number of primary amides is 1. The Bertz CT molecular complexity index is 1330. The van der Waals surface area contributed by atoms with Gasteiger partial charge in [0.15, 0.2) is 11.4 Å². The molecule has 144 valence electrons. The highest BCUT2D eigenvalue weighted by Crippen LogP contribution is 2.23. The summed E-state index contributed by atoms with van der Waals surface area (Å²) in [4.78, 5) is 35.6. The normalized spacial score (nSPS) is 10.9. The summed E-state index contributed by atoms with van der Waals surface area (Å²) < 4.78 is 0. The van der Waals surface area contributed by atoms with Gasteiger partial charge < -0.3 is 10.7 Å². The minimum absolute atomic E-state index is 0.128. The number of benzene rings is 2. The predicted molar refractivity (Wildman–Crippen MR) is 112 cm³/mol. The molecule has 2 heterocycles. The van der Waals surface area contributed by atoms with Crippen molar-refractivity contribution in [2.75, 3.05) is 0 Å². The maximum Gasteiger partial charge on any atom is 0.241 e. The van der Waals surface area contributed by atoms with Crippen LogP contribution >= 0.6 is 0 Å². The number of nitrogens with one attached hydrogen (secondary N) is 1. The van der Waals surface area contributed by atoms with Gasteiger partial charge in [-0.2, -0.15) is 5.26 Å². The standard InChI is InChI=1S/C23H15N5O2/c24-11-14-1-3-16(4-2-14)22(30)17-7-5-15(6-8-17)19-13-27-23-21(28-19)18(12-26-23)9-10-20(25)29/h1-10,12-13H,(H2,25,29)(H,26,27). The molecule has 2 aromatic carbocycles. The van der Waals surface area contributed by atoms with Crippen molar-refractivity contribution in [1.29, 1.82) is 5.26 Å². The number of hydrogen-bond donors (Lipinski definition) is 2. The zero-order valence-electron chi connectivity index (χ0n) is 15.7. The summed E-state index contributed by atoms with van der Waals surface area (Å²) in [6, 6.07) is 15.6. The zero-order valence-corrected chi connectivity index (χ0v) is 15.7. The average Bonchev–Trinajstić information content (AvgIpc) is 3.19. The minimum atomic E-state index is -0.545. The number of nitriles is 1. The van der Waals surface area contributed by atoms with Crippen LogP contribution in [0.4, 0.5) is 0 Å². The summed E-state index contributed by atoms with van der Waals surface area (Å²) in [6.07, 6.45) is 6.19. The van der Waals surface area contributed by atoms with E-state index < -0.39 is 5.91 Å². The van der Waals surface area contributed by atoms with E-state index in [2.05, 4.69) is 15.0 Å². The number of carbonyl (C=O) groups excluding carboxylic acids is 2. The van der Waals surface area contributed by atoms with Crippen molar-refractivity contribution in [1.82, 2.24) is 15.0 Å². The minimum Gasteiger partial charge on any atom is -0.366 e. The Hall–Kier alpha value is -4.57. The molecule has 0 saturated carbocycles. The van der Waals surface area contributed by atoms with E-state index in [9.17, 15) is 9.59 Å². The molecule has 4 rings (SSSR count). The fourth-order valence-electron chi connectivity index (χ4n) is 3.00. The number of nitrogens with two attached hydrogens (primary N) is 1. The van der Waals surface area contributed by atoms with Gasteiger partial charge in [0.1, 0.15) is 5.52 Å². The summed E-state index contributed by atoms with van der Waals surface area (Å²) in [5.74, 6) is -0.673. The summed E-state index contributed by atoms with van der Waals surface area (Å²) >= 11 is 0. The lowest BCUT2D eigenvalue weighted by Gasteiger charge is -2.04. The maximum atomic E-state index is 12.6. The Morgan fingerprint density at radius 1 is 1.03 bits per heavy atom. The first-order valence-electron chi connectivity index (χ1n) is 9.02. The summed E-state index contributed by atoms with van der Waals surface area (Å²) in [5.41, 5.74) is 10.0. The average molecular weight is 393 g/mol. The highest BCUT2D eigenvalue weighted by atomic mass is 16.1. The van der Waals surface area contributed by atoms with E-state index in [1.165, 1.54) is 6.08 Å². The van der Waals surface area contributed by atoms with Crippen LogP contribution in [0.1, 0.15) is 27.0 Å². The number of amides is 1. The van der Waals surface area contributed by atoms with Crippen LogP contribution in [0.25, 0.3) is 28.5 Å². The number of fused-ring (bicyclic) bond motifs is 1. The van der Waals surface area contributed by atoms with E-state index in [0.717, 1.165) is 5.56 Å². The van der Waals surface area contributed by atoms with Crippen LogP contribution in [0.5, 0.6) is 0 Å². The molecule has 0 bridgehead atoms. The third-order valence-corrected chi connectivity index (χ3v) is 4.56. The Morgan fingerprint density at radius 3 is 2.33 bits per heavy atom. The zero-order chi connectivity index (χ0) is 21.1. The van der Waals surface area contributed by atoms with Crippen LogP contribution in [0.15, 0.2) is 67.0 Å². The lowest BCUT2D eigenvalue weighted by atomic mass is 10.0. The lowest BCUT2D eigenvalue weighted by molar-refractivity contribution is -0.113.